The third-order valence-corrected chi connectivity index (χ3v) is 3.61. The number of halogens is 1. The summed E-state index contributed by atoms with van der Waals surface area (Å²) < 4.78 is 27.6. The summed E-state index contributed by atoms with van der Waals surface area (Å²) in [6.45, 7) is 0. The Labute approximate surface area is 107 Å². The molecule has 0 radical (unpaired) electrons. The lowest BCUT2D eigenvalue weighted by atomic mass is 10.1. The molecular weight excluding hydrogens is 312 g/mol. The van der Waals surface area contributed by atoms with E-state index in [0.29, 0.717) is 4.47 Å². The summed E-state index contributed by atoms with van der Waals surface area (Å²) in [5.41, 5.74) is 0.159. The molecule has 0 saturated heterocycles. The highest BCUT2D eigenvalue weighted by Crippen LogP contribution is 2.24. The largest absolute Gasteiger partial charge is 0.467 e. The maximum atomic E-state index is 11.4. The maximum Gasteiger partial charge on any atom is 0.339 e. The highest BCUT2D eigenvalue weighted by atomic mass is 79.9. The number of ether oxygens (including phenoxy) is 1. The zero-order valence-corrected chi connectivity index (χ0v) is 11.6. The summed E-state index contributed by atoms with van der Waals surface area (Å²) in [5.74, 6) is -0.845. The minimum Gasteiger partial charge on any atom is -0.467 e. The van der Waals surface area contributed by atoms with Gasteiger partial charge in [-0.1, -0.05) is 15.9 Å². The minimum absolute atomic E-state index is 0.0184. The third-order valence-electron chi connectivity index (χ3n) is 2.06. The lowest BCUT2D eigenvalue weighted by Crippen LogP contribution is -2.14. The first kappa shape index (κ1) is 14.1. The average Bonchev–Trinajstić information content (AvgIpc) is 2.25. The molecule has 0 aliphatic heterocycles. The van der Waals surface area contributed by atoms with E-state index in [1.807, 2.05) is 0 Å². The molecule has 0 aromatic heterocycles. The first-order valence-electron chi connectivity index (χ1n) is 4.52. The summed E-state index contributed by atoms with van der Waals surface area (Å²) in [6, 6.07) is 4.08. The lowest BCUT2D eigenvalue weighted by Gasteiger charge is -2.10. The van der Waals surface area contributed by atoms with E-state index in [2.05, 4.69) is 20.7 Å². The molecule has 1 atom stereocenters. The van der Waals surface area contributed by atoms with Crippen LogP contribution in [-0.4, -0.2) is 32.9 Å². The van der Waals surface area contributed by atoms with Crippen molar-refractivity contribution in [3.8, 4) is 0 Å². The second kappa shape index (κ2) is 5.16. The van der Waals surface area contributed by atoms with Crippen LogP contribution in [-0.2, 0) is 19.4 Å². The van der Waals surface area contributed by atoms with Gasteiger partial charge >= 0.3 is 5.97 Å². The van der Waals surface area contributed by atoms with Crippen molar-refractivity contribution in [2.45, 2.75) is 11.0 Å². The van der Waals surface area contributed by atoms with E-state index in [0.717, 1.165) is 13.4 Å². The van der Waals surface area contributed by atoms with E-state index < -0.39 is 21.9 Å². The summed E-state index contributed by atoms with van der Waals surface area (Å²) in [4.78, 5) is 11.2. The van der Waals surface area contributed by atoms with E-state index in [1.54, 1.807) is 0 Å². The quantitative estimate of drug-likeness (QED) is 0.841. The lowest BCUT2D eigenvalue weighted by molar-refractivity contribution is -0.150. The van der Waals surface area contributed by atoms with Gasteiger partial charge in [0.2, 0.25) is 0 Å². The summed E-state index contributed by atoms with van der Waals surface area (Å²) in [6.07, 6.45) is -0.457. The van der Waals surface area contributed by atoms with Gasteiger partial charge in [0, 0.05) is 10.7 Å². The van der Waals surface area contributed by atoms with E-state index >= 15 is 0 Å². The predicted molar refractivity (Wildman–Crippen MR) is 64.2 cm³/mol. The Kier molecular flexibility index (Phi) is 4.29. The van der Waals surface area contributed by atoms with Gasteiger partial charge in [0.1, 0.15) is 0 Å². The van der Waals surface area contributed by atoms with Crippen molar-refractivity contribution in [1.29, 1.82) is 0 Å². The fourth-order valence-corrected chi connectivity index (χ4v) is 2.56. The number of rotatable bonds is 3. The number of carbonyl (C=O) groups is 1. The molecule has 0 aliphatic carbocycles. The van der Waals surface area contributed by atoms with Crippen LogP contribution >= 0.6 is 15.9 Å². The van der Waals surface area contributed by atoms with Crippen LogP contribution in [0.1, 0.15) is 11.7 Å². The van der Waals surface area contributed by atoms with E-state index in [1.165, 1.54) is 18.2 Å². The molecule has 94 valence electrons. The molecule has 1 aromatic carbocycles. The second-order valence-electron chi connectivity index (χ2n) is 3.42. The standard InChI is InChI=1S/C10H11BrO5S/c1-16-10(13)9(12)6-3-7(11)5-8(4-6)17(2,14)15/h3-5,9,12H,1-2H3. The Bertz CT molecular complexity index is 538. The van der Waals surface area contributed by atoms with Crippen LogP contribution in [0.4, 0.5) is 0 Å². The average molecular weight is 323 g/mol. The van der Waals surface area contributed by atoms with E-state index in [4.69, 9.17) is 0 Å². The smallest absolute Gasteiger partial charge is 0.339 e. The van der Waals surface area contributed by atoms with Crippen LogP contribution in [0, 0.1) is 0 Å². The summed E-state index contributed by atoms with van der Waals surface area (Å²) >= 11 is 3.12. The highest BCUT2D eigenvalue weighted by molar-refractivity contribution is 9.10. The highest BCUT2D eigenvalue weighted by Gasteiger charge is 2.20. The van der Waals surface area contributed by atoms with Gasteiger partial charge in [0.05, 0.1) is 12.0 Å². The van der Waals surface area contributed by atoms with Crippen molar-refractivity contribution < 1.29 is 23.1 Å². The fourth-order valence-electron chi connectivity index (χ4n) is 1.20. The fraction of sp³-hybridized carbons (Fsp3) is 0.300. The summed E-state index contributed by atoms with van der Waals surface area (Å²) in [7, 11) is -2.27. The SMILES string of the molecule is COC(=O)C(O)c1cc(Br)cc(S(C)(=O)=O)c1. The molecule has 1 aromatic rings. The van der Waals surface area contributed by atoms with Gasteiger partial charge in [-0.3, -0.25) is 0 Å². The second-order valence-corrected chi connectivity index (χ2v) is 6.35. The molecule has 0 saturated carbocycles. The van der Waals surface area contributed by atoms with Gasteiger partial charge < -0.3 is 9.84 Å². The van der Waals surface area contributed by atoms with Crippen molar-refractivity contribution in [3.05, 3.63) is 28.2 Å². The number of aliphatic hydroxyl groups excluding tert-OH is 1. The monoisotopic (exact) mass is 322 g/mol. The van der Waals surface area contributed by atoms with Crippen LogP contribution in [0.2, 0.25) is 0 Å². The van der Waals surface area contributed by atoms with Crippen LogP contribution in [0.5, 0.6) is 0 Å². The Balaban J connectivity index is 3.28. The molecule has 0 bridgehead atoms. The van der Waals surface area contributed by atoms with Crippen molar-refractivity contribution >= 4 is 31.7 Å². The Morgan fingerprint density at radius 1 is 1.41 bits per heavy atom. The molecule has 0 amide bonds. The van der Waals surface area contributed by atoms with Gasteiger partial charge in [-0.15, -0.1) is 0 Å². The molecule has 7 heteroatoms. The first-order chi connectivity index (χ1) is 7.75. The normalized spacial score (nSPS) is 13.2. The number of methoxy groups -OCH3 is 1. The number of hydrogen-bond donors (Lipinski definition) is 1. The molecule has 1 rings (SSSR count). The molecule has 0 heterocycles. The molecular formula is C10H11BrO5S. The van der Waals surface area contributed by atoms with Crippen molar-refractivity contribution in [2.24, 2.45) is 0 Å². The number of sulfone groups is 1. The van der Waals surface area contributed by atoms with E-state index in [-0.39, 0.29) is 10.5 Å². The molecule has 0 aliphatic rings. The van der Waals surface area contributed by atoms with Crippen LogP contribution in [0.15, 0.2) is 27.6 Å². The van der Waals surface area contributed by atoms with Crippen molar-refractivity contribution in [1.82, 2.24) is 0 Å². The zero-order chi connectivity index (χ0) is 13.2. The molecule has 1 N–H and O–H groups in total. The molecule has 17 heavy (non-hydrogen) atoms. The number of carbonyl (C=O) groups excluding carboxylic acids is 1. The van der Waals surface area contributed by atoms with Crippen molar-refractivity contribution in [2.75, 3.05) is 13.4 Å². The van der Waals surface area contributed by atoms with Gasteiger partial charge in [-0.2, -0.15) is 0 Å². The van der Waals surface area contributed by atoms with Gasteiger partial charge in [-0.05, 0) is 23.8 Å². The van der Waals surface area contributed by atoms with Gasteiger partial charge in [0.15, 0.2) is 15.9 Å². The molecule has 0 spiro atoms. The van der Waals surface area contributed by atoms with Crippen LogP contribution < -0.4 is 0 Å². The molecule has 1 unspecified atom stereocenters. The number of hydrogen-bond acceptors (Lipinski definition) is 5. The van der Waals surface area contributed by atoms with Gasteiger partial charge in [0.25, 0.3) is 0 Å². The Hall–Kier alpha value is -0.920. The van der Waals surface area contributed by atoms with Crippen molar-refractivity contribution in [3.63, 3.8) is 0 Å². The van der Waals surface area contributed by atoms with Gasteiger partial charge in [-0.25, -0.2) is 13.2 Å². The summed E-state index contributed by atoms with van der Waals surface area (Å²) in [5, 5.41) is 9.61. The van der Waals surface area contributed by atoms with Crippen LogP contribution in [0.3, 0.4) is 0 Å². The number of esters is 1. The predicted octanol–water partition coefficient (Wildman–Crippen LogP) is 1.06. The minimum atomic E-state index is -3.41. The zero-order valence-electron chi connectivity index (χ0n) is 9.18. The maximum absolute atomic E-state index is 11.4. The Morgan fingerprint density at radius 3 is 2.47 bits per heavy atom. The first-order valence-corrected chi connectivity index (χ1v) is 7.20. The van der Waals surface area contributed by atoms with E-state index in [9.17, 15) is 18.3 Å². The topological polar surface area (TPSA) is 80.7 Å². The molecule has 5 nitrogen and oxygen atoms in total. The Morgan fingerprint density at radius 2 is 2.00 bits per heavy atom. The third kappa shape index (κ3) is 3.52. The van der Waals surface area contributed by atoms with Crippen LogP contribution in [0.25, 0.3) is 0 Å². The number of benzene rings is 1. The molecule has 0 fully saturated rings. The number of aliphatic hydroxyl groups is 1.